The van der Waals surface area contributed by atoms with Crippen LogP contribution in [-0.4, -0.2) is 11.8 Å². The highest BCUT2D eigenvalue weighted by Gasteiger charge is 2.49. The van der Waals surface area contributed by atoms with E-state index in [1.807, 2.05) is 0 Å². The Hall–Kier alpha value is -1.71. The SMILES string of the molecule is C[C@@H]1CC[C@H]2C(=O)N(c3ccc(F)cc3)C(=O)[C@@H]2C1. The first kappa shape index (κ1) is 12.3. The Kier molecular flexibility index (Phi) is 2.88. The molecule has 100 valence electrons. The van der Waals surface area contributed by atoms with Gasteiger partial charge in [-0.15, -0.1) is 0 Å². The summed E-state index contributed by atoms with van der Waals surface area (Å²) in [6.07, 6.45) is 2.57. The summed E-state index contributed by atoms with van der Waals surface area (Å²) < 4.78 is 12.9. The molecule has 1 heterocycles. The van der Waals surface area contributed by atoms with E-state index in [-0.39, 0.29) is 29.5 Å². The first-order valence-corrected chi connectivity index (χ1v) is 6.71. The summed E-state index contributed by atoms with van der Waals surface area (Å²) in [4.78, 5) is 26.0. The van der Waals surface area contributed by atoms with Crippen molar-refractivity contribution in [1.29, 1.82) is 0 Å². The van der Waals surface area contributed by atoms with Gasteiger partial charge < -0.3 is 0 Å². The van der Waals surface area contributed by atoms with Crippen LogP contribution >= 0.6 is 0 Å². The molecule has 1 aromatic rings. The summed E-state index contributed by atoms with van der Waals surface area (Å²) >= 11 is 0. The normalized spacial score (nSPS) is 30.6. The Labute approximate surface area is 111 Å². The van der Waals surface area contributed by atoms with Gasteiger partial charge in [0.1, 0.15) is 5.82 Å². The quantitative estimate of drug-likeness (QED) is 0.729. The zero-order valence-electron chi connectivity index (χ0n) is 10.8. The largest absolute Gasteiger partial charge is 0.274 e. The molecule has 0 N–H and O–H groups in total. The minimum absolute atomic E-state index is 0.117. The number of halogens is 1. The van der Waals surface area contributed by atoms with Gasteiger partial charge in [0.25, 0.3) is 0 Å². The first-order chi connectivity index (χ1) is 9.08. The topological polar surface area (TPSA) is 37.4 Å². The molecule has 1 aromatic carbocycles. The van der Waals surface area contributed by atoms with Crippen molar-refractivity contribution in [3.63, 3.8) is 0 Å². The highest BCUT2D eigenvalue weighted by Crippen LogP contribution is 2.42. The first-order valence-electron chi connectivity index (χ1n) is 6.71. The van der Waals surface area contributed by atoms with E-state index in [1.165, 1.54) is 29.2 Å². The molecule has 3 atom stereocenters. The lowest BCUT2D eigenvalue weighted by atomic mass is 9.76. The molecule has 0 bridgehead atoms. The lowest BCUT2D eigenvalue weighted by Crippen LogP contribution is -2.30. The lowest BCUT2D eigenvalue weighted by molar-refractivity contribution is -0.122. The molecule has 0 radical (unpaired) electrons. The molecule has 4 heteroatoms. The Morgan fingerprint density at radius 3 is 2.37 bits per heavy atom. The van der Waals surface area contributed by atoms with Gasteiger partial charge in [0.15, 0.2) is 0 Å². The molecular weight excluding hydrogens is 245 g/mol. The second kappa shape index (κ2) is 4.44. The maximum absolute atomic E-state index is 12.9. The van der Waals surface area contributed by atoms with E-state index < -0.39 is 0 Å². The zero-order chi connectivity index (χ0) is 13.6. The highest BCUT2D eigenvalue weighted by atomic mass is 19.1. The van der Waals surface area contributed by atoms with E-state index in [0.29, 0.717) is 11.6 Å². The van der Waals surface area contributed by atoms with Crippen molar-refractivity contribution in [2.75, 3.05) is 4.90 Å². The van der Waals surface area contributed by atoms with Gasteiger partial charge in [-0.25, -0.2) is 4.39 Å². The molecule has 2 fully saturated rings. The van der Waals surface area contributed by atoms with Crippen LogP contribution in [0.15, 0.2) is 24.3 Å². The van der Waals surface area contributed by atoms with Crippen molar-refractivity contribution in [3.8, 4) is 0 Å². The van der Waals surface area contributed by atoms with E-state index in [9.17, 15) is 14.0 Å². The van der Waals surface area contributed by atoms with Crippen LogP contribution in [-0.2, 0) is 9.59 Å². The van der Waals surface area contributed by atoms with Crippen molar-refractivity contribution in [2.24, 2.45) is 17.8 Å². The number of hydrogen-bond donors (Lipinski definition) is 0. The number of imide groups is 1. The van der Waals surface area contributed by atoms with Gasteiger partial charge >= 0.3 is 0 Å². The molecule has 3 rings (SSSR count). The summed E-state index contributed by atoms with van der Waals surface area (Å²) in [6.45, 7) is 2.12. The van der Waals surface area contributed by atoms with Crippen molar-refractivity contribution in [2.45, 2.75) is 26.2 Å². The van der Waals surface area contributed by atoms with E-state index in [0.717, 1.165) is 19.3 Å². The number of hydrogen-bond acceptors (Lipinski definition) is 2. The molecule has 1 saturated heterocycles. The lowest BCUT2D eigenvalue weighted by Gasteiger charge is -2.25. The maximum atomic E-state index is 12.9. The van der Waals surface area contributed by atoms with Gasteiger partial charge in [0, 0.05) is 0 Å². The molecule has 0 aromatic heterocycles. The molecule has 1 aliphatic carbocycles. The van der Waals surface area contributed by atoms with Crippen LogP contribution in [0.5, 0.6) is 0 Å². The summed E-state index contributed by atoms with van der Waals surface area (Å²) in [7, 11) is 0. The number of carbonyl (C=O) groups is 2. The van der Waals surface area contributed by atoms with Crippen molar-refractivity contribution in [1.82, 2.24) is 0 Å². The third kappa shape index (κ3) is 1.95. The van der Waals surface area contributed by atoms with Crippen LogP contribution in [0.25, 0.3) is 0 Å². The summed E-state index contributed by atoms with van der Waals surface area (Å²) in [5, 5.41) is 0. The molecule has 0 spiro atoms. The van der Waals surface area contributed by atoms with E-state index in [2.05, 4.69) is 6.92 Å². The smallest absolute Gasteiger partial charge is 0.237 e. The molecule has 19 heavy (non-hydrogen) atoms. The number of benzene rings is 1. The van der Waals surface area contributed by atoms with Crippen molar-refractivity contribution < 1.29 is 14.0 Å². The van der Waals surface area contributed by atoms with Crippen LogP contribution in [0.3, 0.4) is 0 Å². The summed E-state index contributed by atoms with van der Waals surface area (Å²) in [5.41, 5.74) is 0.485. The van der Waals surface area contributed by atoms with Gasteiger partial charge in [-0.1, -0.05) is 6.92 Å². The second-order valence-corrected chi connectivity index (χ2v) is 5.62. The molecule has 0 unspecified atom stereocenters. The Morgan fingerprint density at radius 2 is 1.68 bits per heavy atom. The van der Waals surface area contributed by atoms with Gasteiger partial charge in [-0.2, -0.15) is 0 Å². The Morgan fingerprint density at radius 1 is 1.05 bits per heavy atom. The van der Waals surface area contributed by atoms with Crippen LogP contribution in [0, 0.1) is 23.6 Å². The molecule has 1 saturated carbocycles. The molecular formula is C15H16FNO2. The predicted molar refractivity (Wildman–Crippen MR) is 68.9 cm³/mol. The third-order valence-corrected chi connectivity index (χ3v) is 4.27. The standard InChI is InChI=1S/C15H16FNO2/c1-9-2-7-12-13(8-9)15(19)17(14(12)18)11-5-3-10(16)4-6-11/h3-6,9,12-13H,2,7-8H2,1H3/t9-,12-,13-/m1/s1. The zero-order valence-corrected chi connectivity index (χ0v) is 10.8. The number of carbonyl (C=O) groups excluding carboxylic acids is 2. The minimum atomic E-state index is -0.367. The van der Waals surface area contributed by atoms with Crippen LogP contribution in [0.4, 0.5) is 10.1 Å². The van der Waals surface area contributed by atoms with Crippen LogP contribution in [0.1, 0.15) is 26.2 Å². The molecule has 2 amide bonds. The molecule has 3 nitrogen and oxygen atoms in total. The Bertz CT molecular complexity index is 525. The number of nitrogens with zero attached hydrogens (tertiary/aromatic N) is 1. The average molecular weight is 261 g/mol. The number of fused-ring (bicyclic) bond motifs is 1. The fraction of sp³-hybridized carbons (Fsp3) is 0.467. The van der Waals surface area contributed by atoms with Gasteiger partial charge in [-0.05, 0) is 49.4 Å². The number of amides is 2. The second-order valence-electron chi connectivity index (χ2n) is 5.62. The van der Waals surface area contributed by atoms with E-state index >= 15 is 0 Å². The maximum Gasteiger partial charge on any atom is 0.237 e. The van der Waals surface area contributed by atoms with Gasteiger partial charge in [0.05, 0.1) is 17.5 Å². The predicted octanol–water partition coefficient (Wildman–Crippen LogP) is 2.75. The average Bonchev–Trinajstić information content (AvgIpc) is 2.63. The van der Waals surface area contributed by atoms with Gasteiger partial charge in [0.2, 0.25) is 11.8 Å². The highest BCUT2D eigenvalue weighted by molar-refractivity contribution is 6.22. The number of rotatable bonds is 1. The monoisotopic (exact) mass is 261 g/mol. The molecule has 2 aliphatic rings. The summed E-state index contributed by atoms with van der Waals surface area (Å²) in [6, 6.07) is 5.54. The van der Waals surface area contributed by atoms with Crippen LogP contribution in [0.2, 0.25) is 0 Å². The third-order valence-electron chi connectivity index (χ3n) is 4.27. The minimum Gasteiger partial charge on any atom is -0.274 e. The Balaban J connectivity index is 1.93. The molecule has 1 aliphatic heterocycles. The van der Waals surface area contributed by atoms with E-state index in [1.54, 1.807) is 0 Å². The van der Waals surface area contributed by atoms with Crippen LogP contribution < -0.4 is 4.90 Å². The fourth-order valence-electron chi connectivity index (χ4n) is 3.23. The van der Waals surface area contributed by atoms with Crippen molar-refractivity contribution in [3.05, 3.63) is 30.1 Å². The van der Waals surface area contributed by atoms with Crippen molar-refractivity contribution >= 4 is 17.5 Å². The number of anilines is 1. The fourth-order valence-corrected chi connectivity index (χ4v) is 3.23. The van der Waals surface area contributed by atoms with E-state index in [4.69, 9.17) is 0 Å². The summed E-state index contributed by atoms with van der Waals surface area (Å²) in [5.74, 6) is -0.461. The van der Waals surface area contributed by atoms with Gasteiger partial charge in [-0.3, -0.25) is 14.5 Å².